The van der Waals surface area contributed by atoms with Crippen molar-refractivity contribution in [2.24, 2.45) is 7.05 Å². The lowest BCUT2D eigenvalue weighted by atomic mass is 10.0. The number of carbonyl (C=O) groups excluding carboxylic acids is 1. The molecule has 0 saturated heterocycles. The summed E-state index contributed by atoms with van der Waals surface area (Å²) in [7, 11) is 1.75. The molecule has 0 unspecified atom stereocenters. The number of alkyl halides is 3. The van der Waals surface area contributed by atoms with Gasteiger partial charge in [0.05, 0.1) is 16.8 Å². The van der Waals surface area contributed by atoms with E-state index in [9.17, 15) is 18.0 Å². The van der Waals surface area contributed by atoms with Crippen molar-refractivity contribution in [3.8, 4) is 0 Å². The van der Waals surface area contributed by atoms with E-state index in [1.807, 2.05) is 0 Å². The van der Waals surface area contributed by atoms with Gasteiger partial charge in [0.1, 0.15) is 0 Å². The van der Waals surface area contributed by atoms with Gasteiger partial charge in [0.25, 0.3) is 0 Å². The zero-order valence-corrected chi connectivity index (χ0v) is 12.0. The van der Waals surface area contributed by atoms with E-state index in [4.69, 9.17) is 0 Å². The molecule has 1 aromatic carbocycles. The van der Waals surface area contributed by atoms with Crippen molar-refractivity contribution in [3.05, 3.63) is 52.3 Å². The molecule has 0 aliphatic carbocycles. The molecule has 0 spiro atoms. The molecule has 0 aliphatic rings. The average Bonchev–Trinajstić information content (AvgIpc) is 2.62. The summed E-state index contributed by atoms with van der Waals surface area (Å²) < 4.78 is 39.1. The number of rotatable bonds is 3. The predicted octanol–water partition coefficient (Wildman–Crippen LogP) is 3.48. The first kappa shape index (κ1) is 15.3. The number of aryl methyl sites for hydroxylation is 2. The first-order valence-corrected chi connectivity index (χ1v) is 6.39. The van der Waals surface area contributed by atoms with E-state index < -0.39 is 11.7 Å². The first-order valence-electron chi connectivity index (χ1n) is 6.39. The highest BCUT2D eigenvalue weighted by Crippen LogP contribution is 2.29. The van der Waals surface area contributed by atoms with Crippen molar-refractivity contribution in [2.75, 3.05) is 0 Å². The SMILES string of the molecule is Cc1nn(C)c(C)c1C(=O)Cc1ccc(C(F)(F)F)cc1. The van der Waals surface area contributed by atoms with Crippen LogP contribution >= 0.6 is 0 Å². The molecule has 3 nitrogen and oxygen atoms in total. The number of Topliss-reactive ketones (excluding diaryl/α,β-unsaturated/α-hetero) is 1. The van der Waals surface area contributed by atoms with E-state index in [1.54, 1.807) is 25.6 Å². The molecule has 2 rings (SSSR count). The quantitative estimate of drug-likeness (QED) is 0.813. The van der Waals surface area contributed by atoms with E-state index >= 15 is 0 Å². The van der Waals surface area contributed by atoms with Gasteiger partial charge in [-0.1, -0.05) is 12.1 Å². The topological polar surface area (TPSA) is 34.9 Å². The number of nitrogens with zero attached hydrogens (tertiary/aromatic N) is 2. The fraction of sp³-hybridized carbons (Fsp3) is 0.333. The van der Waals surface area contributed by atoms with Gasteiger partial charge in [-0.3, -0.25) is 9.48 Å². The van der Waals surface area contributed by atoms with Gasteiger partial charge in [-0.05, 0) is 31.5 Å². The summed E-state index contributed by atoms with van der Waals surface area (Å²) in [5.41, 5.74) is 1.76. The van der Waals surface area contributed by atoms with Gasteiger partial charge < -0.3 is 0 Å². The van der Waals surface area contributed by atoms with Crippen LogP contribution in [0.5, 0.6) is 0 Å². The molecule has 0 N–H and O–H groups in total. The highest BCUT2D eigenvalue weighted by atomic mass is 19.4. The minimum atomic E-state index is -4.36. The Morgan fingerprint density at radius 1 is 1.19 bits per heavy atom. The molecule has 0 bridgehead atoms. The van der Waals surface area contributed by atoms with Crippen LogP contribution in [-0.4, -0.2) is 15.6 Å². The molecular weight excluding hydrogens is 281 g/mol. The third kappa shape index (κ3) is 3.15. The number of hydrogen-bond acceptors (Lipinski definition) is 2. The third-order valence-corrected chi connectivity index (χ3v) is 3.43. The van der Waals surface area contributed by atoms with Crippen molar-refractivity contribution in [3.63, 3.8) is 0 Å². The van der Waals surface area contributed by atoms with Crippen molar-refractivity contribution < 1.29 is 18.0 Å². The molecule has 112 valence electrons. The molecule has 0 atom stereocenters. The molecular formula is C15H15F3N2O. The number of halogens is 3. The van der Waals surface area contributed by atoms with Crippen molar-refractivity contribution in [2.45, 2.75) is 26.4 Å². The molecule has 0 aliphatic heterocycles. The van der Waals surface area contributed by atoms with Gasteiger partial charge in [0.15, 0.2) is 5.78 Å². The number of carbonyl (C=O) groups is 1. The molecule has 0 fully saturated rings. The second kappa shape index (κ2) is 5.35. The van der Waals surface area contributed by atoms with Crippen LogP contribution in [-0.2, 0) is 19.6 Å². The summed E-state index contributed by atoms with van der Waals surface area (Å²) in [4.78, 5) is 12.3. The zero-order chi connectivity index (χ0) is 15.8. The minimum absolute atomic E-state index is 0.0610. The Labute approximate surface area is 120 Å². The second-order valence-electron chi connectivity index (χ2n) is 4.96. The Hall–Kier alpha value is -2.11. The fourth-order valence-electron chi connectivity index (χ4n) is 2.26. The Balaban J connectivity index is 2.20. The Kier molecular flexibility index (Phi) is 3.89. The van der Waals surface area contributed by atoms with Crippen LogP contribution in [0.15, 0.2) is 24.3 Å². The highest BCUT2D eigenvalue weighted by molar-refractivity contribution is 5.99. The van der Waals surface area contributed by atoms with Gasteiger partial charge in [0, 0.05) is 19.2 Å². The Morgan fingerprint density at radius 3 is 2.19 bits per heavy atom. The average molecular weight is 296 g/mol. The number of ketones is 1. The monoisotopic (exact) mass is 296 g/mol. The van der Waals surface area contributed by atoms with Crippen molar-refractivity contribution in [1.82, 2.24) is 9.78 Å². The summed E-state index contributed by atoms with van der Waals surface area (Å²) in [6, 6.07) is 4.65. The Bertz CT molecular complexity index is 669. The number of hydrogen-bond donors (Lipinski definition) is 0. The largest absolute Gasteiger partial charge is 0.416 e. The normalized spacial score (nSPS) is 11.7. The summed E-state index contributed by atoms with van der Waals surface area (Å²) in [5, 5.41) is 4.17. The lowest BCUT2D eigenvalue weighted by molar-refractivity contribution is -0.137. The van der Waals surface area contributed by atoms with Gasteiger partial charge in [-0.2, -0.15) is 18.3 Å². The first-order chi connectivity index (χ1) is 9.70. The summed E-state index contributed by atoms with van der Waals surface area (Å²) in [6.07, 6.45) is -4.30. The number of benzene rings is 1. The van der Waals surface area contributed by atoms with Crippen LogP contribution < -0.4 is 0 Å². The van der Waals surface area contributed by atoms with Crippen molar-refractivity contribution in [1.29, 1.82) is 0 Å². The Morgan fingerprint density at radius 2 is 1.76 bits per heavy atom. The van der Waals surface area contributed by atoms with Gasteiger partial charge >= 0.3 is 6.18 Å². The van der Waals surface area contributed by atoms with E-state index in [2.05, 4.69) is 5.10 Å². The minimum Gasteiger partial charge on any atom is -0.294 e. The predicted molar refractivity (Wildman–Crippen MR) is 72.2 cm³/mol. The summed E-state index contributed by atoms with van der Waals surface area (Å²) in [6.45, 7) is 3.53. The fourth-order valence-corrected chi connectivity index (χ4v) is 2.26. The summed E-state index contributed by atoms with van der Waals surface area (Å²) >= 11 is 0. The molecule has 0 radical (unpaired) electrons. The maximum absolute atomic E-state index is 12.5. The second-order valence-corrected chi connectivity index (χ2v) is 4.96. The van der Waals surface area contributed by atoms with E-state index in [0.29, 0.717) is 16.8 Å². The van der Waals surface area contributed by atoms with E-state index in [0.717, 1.165) is 17.8 Å². The van der Waals surface area contributed by atoms with Crippen LogP contribution in [0.1, 0.15) is 32.9 Å². The lowest BCUT2D eigenvalue weighted by Crippen LogP contribution is -2.08. The zero-order valence-electron chi connectivity index (χ0n) is 12.0. The van der Waals surface area contributed by atoms with Gasteiger partial charge in [-0.15, -0.1) is 0 Å². The van der Waals surface area contributed by atoms with Gasteiger partial charge in [0.2, 0.25) is 0 Å². The molecule has 6 heteroatoms. The molecule has 0 amide bonds. The van der Waals surface area contributed by atoms with Crippen LogP contribution in [0, 0.1) is 13.8 Å². The molecule has 1 heterocycles. The van der Waals surface area contributed by atoms with Crippen LogP contribution in [0.4, 0.5) is 13.2 Å². The van der Waals surface area contributed by atoms with E-state index in [1.165, 1.54) is 12.1 Å². The maximum Gasteiger partial charge on any atom is 0.416 e. The molecule has 2 aromatic rings. The number of aromatic nitrogens is 2. The van der Waals surface area contributed by atoms with Crippen LogP contribution in [0.3, 0.4) is 0 Å². The highest BCUT2D eigenvalue weighted by Gasteiger charge is 2.30. The smallest absolute Gasteiger partial charge is 0.294 e. The summed E-state index contributed by atoms with van der Waals surface area (Å²) in [5.74, 6) is -0.141. The third-order valence-electron chi connectivity index (χ3n) is 3.43. The standard InChI is InChI=1S/C15H15F3N2O/c1-9-14(10(2)20(3)19-9)13(21)8-11-4-6-12(7-5-11)15(16,17)18/h4-7H,8H2,1-3H3. The van der Waals surface area contributed by atoms with Crippen molar-refractivity contribution >= 4 is 5.78 Å². The molecule has 21 heavy (non-hydrogen) atoms. The molecule has 0 saturated carbocycles. The van der Waals surface area contributed by atoms with Crippen LogP contribution in [0.2, 0.25) is 0 Å². The lowest BCUT2D eigenvalue weighted by Gasteiger charge is -2.07. The van der Waals surface area contributed by atoms with E-state index in [-0.39, 0.29) is 12.2 Å². The maximum atomic E-state index is 12.5. The van der Waals surface area contributed by atoms with Gasteiger partial charge in [-0.25, -0.2) is 0 Å². The molecule has 1 aromatic heterocycles. The van der Waals surface area contributed by atoms with Crippen LogP contribution in [0.25, 0.3) is 0 Å².